The molecule has 1 aromatic rings. The second-order valence-corrected chi connectivity index (χ2v) is 4.67. The number of Topliss-reactive ketones (excluding diaryl/α,β-unsaturated/α-hetero) is 1. The number of alkyl halides is 3. The topological polar surface area (TPSA) is 43.4 Å². The number of allylic oxidation sites excluding steroid dienone is 1. The molecule has 0 fully saturated rings. The molecule has 114 valence electrons. The van der Waals surface area contributed by atoms with Gasteiger partial charge in [0, 0.05) is 10.6 Å². The summed E-state index contributed by atoms with van der Waals surface area (Å²) in [7, 11) is 0. The van der Waals surface area contributed by atoms with E-state index < -0.39 is 23.6 Å². The molecule has 0 spiro atoms. The number of halogens is 4. The fourth-order valence-corrected chi connectivity index (χ4v) is 1.81. The quantitative estimate of drug-likeness (QED) is 0.270. The van der Waals surface area contributed by atoms with Crippen LogP contribution in [0.3, 0.4) is 0 Å². The number of aldehydes is 1. The van der Waals surface area contributed by atoms with E-state index in [0.29, 0.717) is 11.8 Å². The number of hydrogen-bond donors (Lipinski definition) is 0. The molecule has 7 heteroatoms. The minimum Gasteiger partial charge on any atom is -0.493 e. The molecule has 0 heterocycles. The highest BCUT2D eigenvalue weighted by molar-refractivity contribution is 6.31. The number of carbonyl (C=O) groups is 2. The maximum atomic E-state index is 12.5. The zero-order valence-electron chi connectivity index (χ0n) is 11.2. The molecule has 0 saturated carbocycles. The van der Waals surface area contributed by atoms with E-state index >= 15 is 0 Å². The van der Waals surface area contributed by atoms with Crippen LogP contribution in [0.4, 0.5) is 13.2 Å². The number of ketones is 1. The maximum Gasteiger partial charge on any atom is 0.416 e. The largest absolute Gasteiger partial charge is 0.493 e. The Morgan fingerprint density at radius 2 is 2.00 bits per heavy atom. The molecule has 21 heavy (non-hydrogen) atoms. The van der Waals surface area contributed by atoms with Crippen molar-refractivity contribution in [3.05, 3.63) is 46.2 Å². The number of rotatable bonds is 5. The Kier molecular flexibility index (Phi) is 5.54. The second-order valence-electron chi connectivity index (χ2n) is 4.26. The smallest absolute Gasteiger partial charge is 0.416 e. The summed E-state index contributed by atoms with van der Waals surface area (Å²) in [5.41, 5.74) is -0.726. The van der Waals surface area contributed by atoms with Crippen molar-refractivity contribution in [3.8, 4) is 0 Å². The van der Waals surface area contributed by atoms with Crippen molar-refractivity contribution in [1.82, 2.24) is 0 Å². The predicted octanol–water partition coefficient (Wildman–Crippen LogP) is 4.11. The Morgan fingerprint density at radius 3 is 2.43 bits per heavy atom. The summed E-state index contributed by atoms with van der Waals surface area (Å²) in [6, 6.07) is 2.88. The van der Waals surface area contributed by atoms with Gasteiger partial charge in [-0.15, -0.1) is 0 Å². The van der Waals surface area contributed by atoms with Gasteiger partial charge in [0.1, 0.15) is 6.10 Å². The molecule has 1 unspecified atom stereocenters. The lowest BCUT2D eigenvalue weighted by Crippen LogP contribution is -2.06. The summed E-state index contributed by atoms with van der Waals surface area (Å²) in [6.07, 6.45) is -3.89. The van der Waals surface area contributed by atoms with Gasteiger partial charge >= 0.3 is 6.18 Å². The molecular formula is C14H12ClF3O3. The van der Waals surface area contributed by atoms with Gasteiger partial charge in [0.15, 0.2) is 12.1 Å². The van der Waals surface area contributed by atoms with Crippen molar-refractivity contribution in [2.75, 3.05) is 0 Å². The van der Waals surface area contributed by atoms with Gasteiger partial charge in [-0.2, -0.15) is 13.2 Å². The van der Waals surface area contributed by atoms with Crippen LogP contribution in [0.5, 0.6) is 0 Å². The zero-order chi connectivity index (χ0) is 16.2. The Balaban J connectivity index is 2.96. The van der Waals surface area contributed by atoms with Crippen LogP contribution in [0.15, 0.2) is 30.0 Å². The molecule has 1 atom stereocenters. The van der Waals surface area contributed by atoms with Crippen LogP contribution < -0.4 is 0 Å². The molecule has 0 aliphatic carbocycles. The van der Waals surface area contributed by atoms with Gasteiger partial charge in [0.25, 0.3) is 0 Å². The minimum atomic E-state index is -4.48. The van der Waals surface area contributed by atoms with Crippen molar-refractivity contribution in [2.45, 2.75) is 26.1 Å². The van der Waals surface area contributed by atoms with E-state index in [1.54, 1.807) is 0 Å². The molecule has 1 rings (SSSR count). The van der Waals surface area contributed by atoms with Crippen molar-refractivity contribution in [3.63, 3.8) is 0 Å². The van der Waals surface area contributed by atoms with Crippen LogP contribution in [0.2, 0.25) is 5.02 Å². The lowest BCUT2D eigenvalue weighted by molar-refractivity contribution is -0.137. The highest BCUT2D eigenvalue weighted by atomic mass is 35.5. The van der Waals surface area contributed by atoms with Crippen LogP contribution in [0.1, 0.15) is 31.1 Å². The van der Waals surface area contributed by atoms with Gasteiger partial charge < -0.3 is 4.74 Å². The monoisotopic (exact) mass is 320 g/mol. The van der Waals surface area contributed by atoms with Crippen LogP contribution in [-0.2, 0) is 20.5 Å². The standard InChI is InChI=1S/C14H12ClF3O3/c1-8(20)10(6-19)7-21-9(2)12-4-3-11(5-13(12)15)14(16,17)18/h3-7,9H,1-2H3/b10-7+. The summed E-state index contributed by atoms with van der Waals surface area (Å²) >= 11 is 5.80. The summed E-state index contributed by atoms with van der Waals surface area (Å²) in [6.45, 7) is 2.73. The molecule has 0 amide bonds. The van der Waals surface area contributed by atoms with Gasteiger partial charge in [-0.25, -0.2) is 0 Å². The van der Waals surface area contributed by atoms with Crippen LogP contribution in [0.25, 0.3) is 0 Å². The van der Waals surface area contributed by atoms with Crippen LogP contribution >= 0.6 is 11.6 Å². The number of carbonyl (C=O) groups excluding carboxylic acids is 2. The first-order chi connectivity index (χ1) is 9.66. The van der Waals surface area contributed by atoms with E-state index in [1.807, 2.05) is 0 Å². The SMILES string of the molecule is CC(=O)/C(C=O)=C/OC(C)c1ccc(C(F)(F)F)cc1Cl. The molecule has 0 aromatic heterocycles. The Bertz CT molecular complexity index is 579. The Morgan fingerprint density at radius 1 is 1.38 bits per heavy atom. The van der Waals surface area contributed by atoms with Gasteiger partial charge in [0.2, 0.25) is 0 Å². The van der Waals surface area contributed by atoms with Crippen LogP contribution in [-0.4, -0.2) is 12.1 Å². The number of ether oxygens (including phenoxy) is 1. The molecule has 0 radical (unpaired) electrons. The van der Waals surface area contributed by atoms with E-state index in [9.17, 15) is 22.8 Å². The molecule has 0 aliphatic rings. The Labute approximate surface area is 124 Å². The fourth-order valence-electron chi connectivity index (χ4n) is 1.48. The average Bonchev–Trinajstić information content (AvgIpc) is 2.37. The second kappa shape index (κ2) is 6.76. The fraction of sp³-hybridized carbons (Fsp3) is 0.286. The first kappa shape index (κ1) is 17.2. The summed E-state index contributed by atoms with van der Waals surface area (Å²) in [5, 5.41) is -0.110. The van der Waals surface area contributed by atoms with E-state index in [1.165, 1.54) is 19.9 Å². The van der Waals surface area contributed by atoms with E-state index in [2.05, 4.69) is 0 Å². The van der Waals surface area contributed by atoms with Crippen molar-refractivity contribution in [2.24, 2.45) is 0 Å². The predicted molar refractivity (Wildman–Crippen MR) is 70.8 cm³/mol. The van der Waals surface area contributed by atoms with Gasteiger partial charge in [-0.3, -0.25) is 9.59 Å². The first-order valence-corrected chi connectivity index (χ1v) is 6.23. The molecule has 0 aliphatic heterocycles. The third-order valence-electron chi connectivity index (χ3n) is 2.70. The van der Waals surface area contributed by atoms with E-state index in [-0.39, 0.29) is 10.6 Å². The zero-order valence-corrected chi connectivity index (χ0v) is 12.0. The number of hydrogen-bond acceptors (Lipinski definition) is 3. The highest BCUT2D eigenvalue weighted by Crippen LogP contribution is 2.34. The van der Waals surface area contributed by atoms with Crippen molar-refractivity contribution < 1.29 is 27.5 Å². The van der Waals surface area contributed by atoms with Crippen LogP contribution in [0, 0.1) is 0 Å². The molecular weight excluding hydrogens is 309 g/mol. The summed E-state index contributed by atoms with van der Waals surface area (Å²) in [5.74, 6) is -0.476. The molecule has 0 saturated heterocycles. The molecule has 0 bridgehead atoms. The average molecular weight is 321 g/mol. The summed E-state index contributed by atoms with van der Waals surface area (Å²) < 4.78 is 42.7. The normalized spacial score (nSPS) is 13.7. The highest BCUT2D eigenvalue weighted by Gasteiger charge is 2.31. The first-order valence-electron chi connectivity index (χ1n) is 5.85. The molecule has 1 aromatic carbocycles. The third kappa shape index (κ3) is 4.60. The lowest BCUT2D eigenvalue weighted by Gasteiger charge is -2.15. The lowest BCUT2D eigenvalue weighted by atomic mass is 10.1. The van der Waals surface area contributed by atoms with Crippen molar-refractivity contribution in [1.29, 1.82) is 0 Å². The molecule has 3 nitrogen and oxygen atoms in total. The van der Waals surface area contributed by atoms with Gasteiger partial charge in [-0.05, 0) is 26.0 Å². The summed E-state index contributed by atoms with van der Waals surface area (Å²) in [4.78, 5) is 21.6. The Hall–Kier alpha value is -1.82. The third-order valence-corrected chi connectivity index (χ3v) is 3.03. The van der Waals surface area contributed by atoms with E-state index in [4.69, 9.17) is 16.3 Å². The minimum absolute atomic E-state index is 0.110. The molecule has 0 N–H and O–H groups in total. The van der Waals surface area contributed by atoms with Gasteiger partial charge in [-0.1, -0.05) is 17.7 Å². The van der Waals surface area contributed by atoms with Crippen molar-refractivity contribution >= 4 is 23.7 Å². The maximum absolute atomic E-state index is 12.5. The van der Waals surface area contributed by atoms with E-state index in [0.717, 1.165) is 18.4 Å². The number of benzene rings is 1. The van der Waals surface area contributed by atoms with Gasteiger partial charge in [0.05, 0.1) is 17.4 Å².